The Morgan fingerprint density at radius 1 is 1.21 bits per heavy atom. The zero-order valence-corrected chi connectivity index (χ0v) is 13.7. The van der Waals surface area contributed by atoms with Crippen LogP contribution >= 0.6 is 0 Å². The molecule has 0 bridgehead atoms. The second kappa shape index (κ2) is 6.07. The molecular weight excluding hydrogens is 304 g/mol. The molecule has 0 aliphatic carbocycles. The number of fused-ring (bicyclic) bond motifs is 2. The van der Waals surface area contributed by atoms with E-state index in [9.17, 15) is 4.79 Å². The van der Waals surface area contributed by atoms with E-state index in [4.69, 9.17) is 0 Å². The van der Waals surface area contributed by atoms with Gasteiger partial charge in [-0.15, -0.1) is 10.2 Å². The van der Waals surface area contributed by atoms with Gasteiger partial charge in [0.05, 0.1) is 6.54 Å². The molecule has 0 saturated heterocycles. The van der Waals surface area contributed by atoms with Crippen LogP contribution in [0.2, 0.25) is 0 Å². The number of rotatable bonds is 3. The maximum absolute atomic E-state index is 12.4. The predicted molar refractivity (Wildman–Crippen MR) is 88.7 cm³/mol. The van der Waals surface area contributed by atoms with Gasteiger partial charge in [-0.3, -0.25) is 4.79 Å². The molecule has 0 fully saturated rings. The number of hydrogen-bond donors (Lipinski definition) is 1. The van der Waals surface area contributed by atoms with E-state index in [1.807, 2.05) is 29.7 Å². The highest BCUT2D eigenvalue weighted by Crippen LogP contribution is 2.14. The summed E-state index contributed by atoms with van der Waals surface area (Å²) in [5, 5.41) is 11.4. The molecule has 0 aromatic carbocycles. The molecule has 3 aromatic heterocycles. The van der Waals surface area contributed by atoms with Gasteiger partial charge in [0.15, 0.2) is 5.82 Å². The van der Waals surface area contributed by atoms with Gasteiger partial charge in [-0.2, -0.15) is 0 Å². The van der Waals surface area contributed by atoms with Crippen molar-refractivity contribution in [3.63, 3.8) is 0 Å². The van der Waals surface area contributed by atoms with Crippen LogP contribution in [0.15, 0.2) is 24.5 Å². The minimum Gasteiger partial charge on any atom is -0.343 e. The lowest BCUT2D eigenvalue weighted by Crippen LogP contribution is -2.25. The van der Waals surface area contributed by atoms with Gasteiger partial charge in [0.1, 0.15) is 17.2 Å². The van der Waals surface area contributed by atoms with Crippen LogP contribution in [0.1, 0.15) is 47.0 Å². The lowest BCUT2D eigenvalue weighted by atomic mass is 10.2. The molecule has 0 atom stereocenters. The Morgan fingerprint density at radius 2 is 2.12 bits per heavy atom. The van der Waals surface area contributed by atoms with Crippen molar-refractivity contribution < 1.29 is 4.79 Å². The van der Waals surface area contributed by atoms with Crippen molar-refractivity contribution in [3.05, 3.63) is 47.4 Å². The number of hydrogen-bond acceptors (Lipinski definition) is 4. The number of amides is 1. The van der Waals surface area contributed by atoms with Gasteiger partial charge in [-0.05, 0) is 31.4 Å². The summed E-state index contributed by atoms with van der Waals surface area (Å²) in [4.78, 5) is 16.8. The van der Waals surface area contributed by atoms with E-state index in [1.54, 1.807) is 6.20 Å². The summed E-state index contributed by atoms with van der Waals surface area (Å²) >= 11 is 0. The number of nitrogens with zero attached hydrogens (tertiary/aromatic N) is 5. The van der Waals surface area contributed by atoms with Crippen LogP contribution in [0.4, 0.5) is 0 Å². The highest BCUT2D eigenvalue weighted by molar-refractivity contribution is 5.92. The smallest absolute Gasteiger partial charge is 0.271 e. The highest BCUT2D eigenvalue weighted by Gasteiger charge is 2.16. The molecule has 0 radical (unpaired) electrons. The summed E-state index contributed by atoms with van der Waals surface area (Å²) in [6.07, 6.45) is 8.19. The first kappa shape index (κ1) is 14.9. The SMILES string of the molecule is Cc1ccc2nc(C(=O)NCc3nnc4n3CCCCC4)cn2c1. The van der Waals surface area contributed by atoms with Crippen molar-refractivity contribution in [2.75, 3.05) is 0 Å². The van der Waals surface area contributed by atoms with Gasteiger partial charge in [0, 0.05) is 25.4 Å². The Bertz CT molecular complexity index is 894. The average molecular weight is 324 g/mol. The van der Waals surface area contributed by atoms with E-state index in [2.05, 4.69) is 25.1 Å². The van der Waals surface area contributed by atoms with Crippen LogP contribution in [0.5, 0.6) is 0 Å². The summed E-state index contributed by atoms with van der Waals surface area (Å²) in [6, 6.07) is 3.89. The molecule has 0 unspecified atom stereocenters. The van der Waals surface area contributed by atoms with Gasteiger partial charge in [0.2, 0.25) is 0 Å². The quantitative estimate of drug-likeness (QED) is 0.798. The first-order chi connectivity index (χ1) is 11.7. The summed E-state index contributed by atoms with van der Waals surface area (Å²) in [5.74, 6) is 1.65. The molecule has 7 nitrogen and oxygen atoms in total. The molecule has 1 N–H and O–H groups in total. The zero-order chi connectivity index (χ0) is 16.5. The summed E-state index contributed by atoms with van der Waals surface area (Å²) < 4.78 is 4.01. The lowest BCUT2D eigenvalue weighted by Gasteiger charge is -2.07. The van der Waals surface area contributed by atoms with Crippen LogP contribution in [0, 0.1) is 6.92 Å². The maximum atomic E-state index is 12.4. The normalized spacial score (nSPS) is 14.4. The molecule has 7 heteroatoms. The summed E-state index contributed by atoms with van der Waals surface area (Å²) in [7, 11) is 0. The fourth-order valence-electron chi connectivity index (χ4n) is 3.14. The lowest BCUT2D eigenvalue weighted by molar-refractivity contribution is 0.0945. The van der Waals surface area contributed by atoms with Crippen molar-refractivity contribution in [3.8, 4) is 0 Å². The number of aryl methyl sites for hydroxylation is 2. The molecule has 4 rings (SSSR count). The second-order valence-electron chi connectivity index (χ2n) is 6.28. The van der Waals surface area contributed by atoms with Crippen LogP contribution in [-0.4, -0.2) is 30.1 Å². The molecule has 4 heterocycles. The Morgan fingerprint density at radius 3 is 3.04 bits per heavy atom. The van der Waals surface area contributed by atoms with Gasteiger partial charge >= 0.3 is 0 Å². The van der Waals surface area contributed by atoms with E-state index in [0.29, 0.717) is 12.2 Å². The third kappa shape index (κ3) is 2.77. The van der Waals surface area contributed by atoms with Crippen molar-refractivity contribution in [2.24, 2.45) is 0 Å². The maximum Gasteiger partial charge on any atom is 0.271 e. The second-order valence-corrected chi connectivity index (χ2v) is 6.28. The van der Waals surface area contributed by atoms with Crippen LogP contribution in [-0.2, 0) is 19.5 Å². The number of aromatic nitrogens is 5. The van der Waals surface area contributed by atoms with Crippen molar-refractivity contribution >= 4 is 11.6 Å². The first-order valence-electron chi connectivity index (χ1n) is 8.35. The topological polar surface area (TPSA) is 77.1 Å². The number of imidazole rings is 1. The first-order valence-corrected chi connectivity index (χ1v) is 8.35. The number of carbonyl (C=O) groups excluding carboxylic acids is 1. The van der Waals surface area contributed by atoms with Crippen molar-refractivity contribution in [1.29, 1.82) is 0 Å². The molecule has 0 saturated carbocycles. The van der Waals surface area contributed by atoms with E-state index in [1.165, 1.54) is 6.42 Å². The minimum absolute atomic E-state index is 0.192. The van der Waals surface area contributed by atoms with Crippen LogP contribution in [0.25, 0.3) is 5.65 Å². The van der Waals surface area contributed by atoms with Crippen LogP contribution in [0.3, 0.4) is 0 Å². The minimum atomic E-state index is -0.192. The fraction of sp³-hybridized carbons (Fsp3) is 0.412. The third-order valence-electron chi connectivity index (χ3n) is 4.42. The molecule has 24 heavy (non-hydrogen) atoms. The molecule has 124 valence electrons. The van der Waals surface area contributed by atoms with E-state index < -0.39 is 0 Å². The Kier molecular flexibility index (Phi) is 3.76. The number of carbonyl (C=O) groups is 1. The van der Waals surface area contributed by atoms with Crippen molar-refractivity contribution in [1.82, 2.24) is 29.5 Å². The molecule has 0 spiro atoms. The van der Waals surface area contributed by atoms with E-state index in [0.717, 1.165) is 48.7 Å². The molecular formula is C17H20N6O. The monoisotopic (exact) mass is 324 g/mol. The third-order valence-corrected chi connectivity index (χ3v) is 4.42. The highest BCUT2D eigenvalue weighted by atomic mass is 16.1. The van der Waals surface area contributed by atoms with E-state index in [-0.39, 0.29) is 5.91 Å². The summed E-state index contributed by atoms with van der Waals surface area (Å²) in [5.41, 5.74) is 2.30. The number of pyridine rings is 1. The molecule has 1 amide bonds. The zero-order valence-electron chi connectivity index (χ0n) is 13.7. The number of nitrogens with one attached hydrogen (secondary N) is 1. The molecule has 1 aliphatic heterocycles. The van der Waals surface area contributed by atoms with E-state index >= 15 is 0 Å². The Hall–Kier alpha value is -2.70. The van der Waals surface area contributed by atoms with Crippen LogP contribution < -0.4 is 5.32 Å². The van der Waals surface area contributed by atoms with Gasteiger partial charge < -0.3 is 14.3 Å². The molecule has 3 aromatic rings. The Balaban J connectivity index is 1.49. The largest absolute Gasteiger partial charge is 0.343 e. The van der Waals surface area contributed by atoms with Gasteiger partial charge in [0.25, 0.3) is 5.91 Å². The predicted octanol–water partition coefficient (Wildman–Crippen LogP) is 1.89. The van der Waals surface area contributed by atoms with Gasteiger partial charge in [-0.1, -0.05) is 12.5 Å². The standard InChI is InChI=1S/C17H20N6O/c1-12-6-7-14-19-13(11-22(14)10-12)17(24)18-9-16-21-20-15-5-3-2-4-8-23(15)16/h6-7,10-11H,2-5,8-9H2,1H3,(H,18,24). The summed E-state index contributed by atoms with van der Waals surface area (Å²) in [6.45, 7) is 3.32. The fourth-order valence-corrected chi connectivity index (χ4v) is 3.14. The van der Waals surface area contributed by atoms with Gasteiger partial charge in [-0.25, -0.2) is 4.98 Å². The molecule has 1 aliphatic rings. The average Bonchev–Trinajstić information content (AvgIpc) is 3.09. The van der Waals surface area contributed by atoms with Crippen molar-refractivity contribution in [2.45, 2.75) is 45.7 Å². The Labute approximate surface area is 139 Å².